The summed E-state index contributed by atoms with van der Waals surface area (Å²) in [6.45, 7) is 2.84. The largest absolute Gasteiger partial charge is 0.494 e. The molecular formula is C24H26N3O6+. The van der Waals surface area contributed by atoms with Crippen molar-refractivity contribution >= 4 is 0 Å². The van der Waals surface area contributed by atoms with E-state index in [4.69, 9.17) is 14.2 Å². The molecule has 0 bridgehead atoms. The fourth-order valence-electron chi connectivity index (χ4n) is 4.84. The summed E-state index contributed by atoms with van der Waals surface area (Å²) < 4.78 is 18.1. The quantitative estimate of drug-likeness (QED) is 0.538. The number of hydrogen-bond donors (Lipinski definition) is 3. The molecule has 172 valence electrons. The Morgan fingerprint density at radius 3 is 2.67 bits per heavy atom. The van der Waals surface area contributed by atoms with Gasteiger partial charge in [0, 0.05) is 6.42 Å². The topological polar surface area (TPSA) is 107 Å². The normalized spacial score (nSPS) is 18.8. The SMILES string of the molecule is CCc1ccc(-n2c(O)c([C@@H]3c4c(cc5c(c4OC)OCO5)CC[NH+]3C)c(=O)[nH]c2=O)cc1. The number of ether oxygens (including phenoxy) is 3. The smallest absolute Gasteiger partial charge is 0.335 e. The number of nitrogens with zero attached hydrogens (tertiary/aromatic N) is 1. The number of aryl methyl sites for hydroxylation is 1. The minimum atomic E-state index is -0.697. The minimum absolute atomic E-state index is 0.0897. The van der Waals surface area contributed by atoms with Crippen LogP contribution >= 0.6 is 0 Å². The van der Waals surface area contributed by atoms with Crippen molar-refractivity contribution in [3.8, 4) is 28.8 Å². The number of likely N-dealkylation sites (N-methyl/N-ethyl adjacent to an activating group) is 1. The predicted octanol–water partition coefficient (Wildman–Crippen LogP) is 0.691. The van der Waals surface area contributed by atoms with E-state index >= 15 is 0 Å². The fourth-order valence-corrected chi connectivity index (χ4v) is 4.84. The number of aromatic amines is 1. The van der Waals surface area contributed by atoms with Gasteiger partial charge in [-0.3, -0.25) is 9.78 Å². The molecular weight excluding hydrogens is 426 g/mol. The van der Waals surface area contributed by atoms with Gasteiger partial charge >= 0.3 is 5.69 Å². The van der Waals surface area contributed by atoms with Crippen LogP contribution in [0.15, 0.2) is 39.9 Å². The Hall–Kier alpha value is -3.72. The third kappa shape index (κ3) is 3.27. The summed E-state index contributed by atoms with van der Waals surface area (Å²) in [6.07, 6.45) is 1.59. The number of hydrogen-bond acceptors (Lipinski definition) is 6. The molecule has 0 saturated heterocycles. The van der Waals surface area contributed by atoms with Gasteiger partial charge in [0.1, 0.15) is 5.56 Å². The monoisotopic (exact) mass is 452 g/mol. The number of fused-ring (bicyclic) bond motifs is 2. The molecule has 0 saturated carbocycles. The summed E-state index contributed by atoms with van der Waals surface area (Å²) in [4.78, 5) is 29.2. The van der Waals surface area contributed by atoms with Crippen LogP contribution in [-0.2, 0) is 12.8 Å². The van der Waals surface area contributed by atoms with Crippen LogP contribution in [0.3, 0.4) is 0 Å². The van der Waals surface area contributed by atoms with Crippen LogP contribution in [0.25, 0.3) is 5.69 Å². The molecule has 9 nitrogen and oxygen atoms in total. The zero-order valence-corrected chi connectivity index (χ0v) is 18.7. The number of aromatic hydroxyl groups is 1. The van der Waals surface area contributed by atoms with Crippen molar-refractivity contribution in [1.82, 2.24) is 9.55 Å². The molecule has 0 aliphatic carbocycles. The molecule has 0 fully saturated rings. The molecule has 1 unspecified atom stereocenters. The minimum Gasteiger partial charge on any atom is -0.494 e. The summed E-state index contributed by atoms with van der Waals surface area (Å²) in [5.41, 5.74) is 2.05. The van der Waals surface area contributed by atoms with Crippen molar-refractivity contribution < 1.29 is 24.2 Å². The number of aromatic nitrogens is 2. The van der Waals surface area contributed by atoms with Gasteiger partial charge in [0.2, 0.25) is 18.4 Å². The van der Waals surface area contributed by atoms with E-state index < -0.39 is 17.3 Å². The van der Waals surface area contributed by atoms with Crippen molar-refractivity contribution in [3.05, 3.63) is 73.4 Å². The highest BCUT2D eigenvalue weighted by Gasteiger charge is 2.41. The molecule has 2 aliphatic rings. The Labute approximate surface area is 189 Å². The van der Waals surface area contributed by atoms with E-state index in [2.05, 4.69) is 4.98 Å². The lowest BCUT2D eigenvalue weighted by atomic mass is 9.87. The van der Waals surface area contributed by atoms with Gasteiger partial charge in [-0.25, -0.2) is 9.36 Å². The maximum atomic E-state index is 13.1. The Bertz CT molecular complexity index is 1340. The van der Waals surface area contributed by atoms with Crippen LogP contribution in [0.4, 0.5) is 0 Å². The lowest BCUT2D eigenvalue weighted by molar-refractivity contribution is -0.908. The zero-order chi connectivity index (χ0) is 23.3. The van der Waals surface area contributed by atoms with Gasteiger partial charge in [0.25, 0.3) is 5.56 Å². The molecule has 5 rings (SSSR count). The van der Waals surface area contributed by atoms with Crippen LogP contribution in [0.1, 0.15) is 35.2 Å². The number of methoxy groups -OCH3 is 1. The van der Waals surface area contributed by atoms with Crippen molar-refractivity contribution in [2.45, 2.75) is 25.8 Å². The Kier molecular flexibility index (Phi) is 5.13. The van der Waals surface area contributed by atoms with E-state index in [-0.39, 0.29) is 18.2 Å². The molecule has 0 amide bonds. The number of benzene rings is 2. The number of nitrogens with one attached hydrogen (secondary N) is 2. The Balaban J connectivity index is 1.76. The van der Waals surface area contributed by atoms with E-state index in [0.29, 0.717) is 29.5 Å². The fraction of sp³-hybridized carbons (Fsp3) is 0.333. The van der Waals surface area contributed by atoms with Gasteiger partial charge in [-0.2, -0.15) is 0 Å². The van der Waals surface area contributed by atoms with Crippen LogP contribution < -0.4 is 30.4 Å². The maximum absolute atomic E-state index is 13.1. The predicted molar refractivity (Wildman–Crippen MR) is 120 cm³/mol. The molecule has 3 N–H and O–H groups in total. The molecule has 3 heterocycles. The van der Waals surface area contributed by atoms with Crippen molar-refractivity contribution in [3.63, 3.8) is 0 Å². The van der Waals surface area contributed by atoms with Crippen LogP contribution in [0.5, 0.6) is 23.1 Å². The number of H-pyrrole nitrogens is 1. The molecule has 2 aliphatic heterocycles. The summed E-state index contributed by atoms with van der Waals surface area (Å²) in [7, 11) is 3.49. The molecule has 9 heteroatoms. The molecule has 3 aromatic rings. The molecule has 1 aromatic heterocycles. The lowest BCUT2D eigenvalue weighted by Crippen LogP contribution is -3.10. The number of rotatable bonds is 4. The van der Waals surface area contributed by atoms with Crippen LogP contribution in [0, 0.1) is 0 Å². The van der Waals surface area contributed by atoms with E-state index in [1.165, 1.54) is 0 Å². The summed E-state index contributed by atoms with van der Waals surface area (Å²) in [5.74, 6) is 1.18. The highest BCUT2D eigenvalue weighted by molar-refractivity contribution is 5.63. The second kappa shape index (κ2) is 8.00. The van der Waals surface area contributed by atoms with Gasteiger partial charge in [0.15, 0.2) is 17.5 Å². The zero-order valence-electron chi connectivity index (χ0n) is 18.7. The van der Waals surface area contributed by atoms with Gasteiger partial charge in [-0.05, 0) is 35.7 Å². The first-order chi connectivity index (χ1) is 15.9. The van der Waals surface area contributed by atoms with Crippen LogP contribution in [0.2, 0.25) is 0 Å². The van der Waals surface area contributed by atoms with E-state index in [9.17, 15) is 14.7 Å². The summed E-state index contributed by atoms with van der Waals surface area (Å²) >= 11 is 0. The third-order valence-electron chi connectivity index (χ3n) is 6.53. The molecule has 2 aromatic carbocycles. The maximum Gasteiger partial charge on any atom is 0.335 e. The first kappa shape index (κ1) is 21.1. The lowest BCUT2D eigenvalue weighted by Gasteiger charge is -2.33. The van der Waals surface area contributed by atoms with Crippen molar-refractivity contribution in [2.75, 3.05) is 27.5 Å². The summed E-state index contributed by atoms with van der Waals surface area (Å²) in [5, 5.41) is 11.3. The van der Waals surface area contributed by atoms with Gasteiger partial charge in [-0.1, -0.05) is 19.1 Å². The second-order valence-corrected chi connectivity index (χ2v) is 8.35. The van der Waals surface area contributed by atoms with Crippen molar-refractivity contribution in [2.24, 2.45) is 0 Å². The Morgan fingerprint density at radius 2 is 1.97 bits per heavy atom. The first-order valence-corrected chi connectivity index (χ1v) is 10.9. The molecule has 0 spiro atoms. The van der Waals surface area contributed by atoms with Crippen molar-refractivity contribution in [1.29, 1.82) is 0 Å². The van der Waals surface area contributed by atoms with E-state index in [1.807, 2.05) is 32.2 Å². The van der Waals surface area contributed by atoms with E-state index in [0.717, 1.165) is 39.0 Å². The van der Waals surface area contributed by atoms with E-state index in [1.54, 1.807) is 19.2 Å². The summed E-state index contributed by atoms with van der Waals surface area (Å²) in [6, 6.07) is 8.62. The second-order valence-electron chi connectivity index (χ2n) is 8.35. The van der Waals surface area contributed by atoms with Gasteiger partial charge in [0.05, 0.1) is 32.0 Å². The standard InChI is InChI=1S/C24H25N3O6/c1-4-13-5-7-15(8-6-13)27-23(29)18(22(28)25-24(27)30)19-17-14(9-10-26(19)2)11-16-20(21(17)31-3)33-12-32-16/h5-8,11,19,29H,4,9-10,12H2,1-3H3,(H,25,28,30)/p+1/t19-/m0/s1. The van der Waals surface area contributed by atoms with Gasteiger partial charge in [-0.15, -0.1) is 0 Å². The average Bonchev–Trinajstić information content (AvgIpc) is 3.27. The Morgan fingerprint density at radius 1 is 1.21 bits per heavy atom. The number of quaternary nitrogens is 1. The first-order valence-electron chi connectivity index (χ1n) is 10.9. The van der Waals surface area contributed by atoms with Gasteiger partial charge < -0.3 is 24.2 Å². The molecule has 2 atom stereocenters. The average molecular weight is 452 g/mol. The van der Waals surface area contributed by atoms with Crippen LogP contribution in [-0.4, -0.2) is 42.2 Å². The molecule has 0 radical (unpaired) electrons. The highest BCUT2D eigenvalue weighted by Crippen LogP contribution is 2.48. The molecule has 33 heavy (non-hydrogen) atoms. The third-order valence-corrected chi connectivity index (χ3v) is 6.53. The highest BCUT2D eigenvalue weighted by atomic mass is 16.7.